The van der Waals surface area contributed by atoms with Crippen molar-refractivity contribution in [1.29, 1.82) is 0 Å². The van der Waals surface area contributed by atoms with Gasteiger partial charge in [-0.15, -0.1) is 0 Å². The quantitative estimate of drug-likeness (QED) is 0.409. The van der Waals surface area contributed by atoms with E-state index in [9.17, 15) is 4.39 Å². The molecule has 0 fully saturated rings. The van der Waals surface area contributed by atoms with Gasteiger partial charge in [0.25, 0.3) is 0 Å². The summed E-state index contributed by atoms with van der Waals surface area (Å²) >= 11 is 0. The van der Waals surface area contributed by atoms with Gasteiger partial charge in [0.15, 0.2) is 0 Å². The summed E-state index contributed by atoms with van der Waals surface area (Å²) in [5.74, 6) is 0.815. The van der Waals surface area contributed by atoms with E-state index in [0.717, 1.165) is 16.8 Å². The van der Waals surface area contributed by atoms with Crippen LogP contribution in [0.3, 0.4) is 0 Å². The van der Waals surface area contributed by atoms with Crippen molar-refractivity contribution in [3.8, 4) is 22.6 Å². The Hall–Kier alpha value is -3.58. The molecule has 2 aromatic carbocycles. The van der Waals surface area contributed by atoms with E-state index in [4.69, 9.17) is 10.7 Å². The Labute approximate surface area is 180 Å². The summed E-state index contributed by atoms with van der Waals surface area (Å²) in [6.07, 6.45) is 1.69. The van der Waals surface area contributed by atoms with Gasteiger partial charge in [-0.2, -0.15) is 0 Å². The lowest BCUT2D eigenvalue weighted by Crippen LogP contribution is -2.30. The van der Waals surface area contributed by atoms with Crippen LogP contribution in [-0.2, 0) is 5.54 Å². The van der Waals surface area contributed by atoms with Gasteiger partial charge in [-0.25, -0.2) is 19.3 Å². The first-order chi connectivity index (χ1) is 14.8. The molecule has 4 N–H and O–H groups in total. The molecule has 2 aromatic heterocycles. The third-order valence-corrected chi connectivity index (χ3v) is 4.99. The number of nitrogens with two attached hydrogens (primary N) is 1. The highest BCUT2D eigenvalue weighted by Gasteiger charge is 2.24. The van der Waals surface area contributed by atoms with Crippen molar-refractivity contribution in [1.82, 2.24) is 19.9 Å². The fourth-order valence-corrected chi connectivity index (χ4v) is 3.27. The fraction of sp³-hybridized carbons (Fsp3) is 0.208. The Morgan fingerprint density at radius 2 is 1.71 bits per heavy atom. The lowest BCUT2D eigenvalue weighted by Gasteiger charge is -2.14. The van der Waals surface area contributed by atoms with Crippen LogP contribution in [0.25, 0.3) is 22.6 Å². The van der Waals surface area contributed by atoms with Crippen molar-refractivity contribution in [3.05, 3.63) is 84.1 Å². The van der Waals surface area contributed by atoms with Crippen molar-refractivity contribution in [2.24, 2.45) is 5.73 Å². The van der Waals surface area contributed by atoms with Gasteiger partial charge in [0.05, 0.1) is 23.0 Å². The molecule has 6 nitrogen and oxygen atoms in total. The predicted molar refractivity (Wildman–Crippen MR) is 121 cm³/mol. The SMILES string of the molecule is C[C@@H](Nc1nccc(-c2nc(C(C)(C)N)[nH]c2-c2ccc(F)cc2)n1)c1ccccc1. The van der Waals surface area contributed by atoms with Crippen molar-refractivity contribution >= 4 is 5.95 Å². The molecule has 1 atom stereocenters. The van der Waals surface area contributed by atoms with Gasteiger partial charge < -0.3 is 16.0 Å². The number of nitrogens with one attached hydrogen (secondary N) is 2. The smallest absolute Gasteiger partial charge is 0.223 e. The van der Waals surface area contributed by atoms with E-state index in [1.165, 1.54) is 12.1 Å². The van der Waals surface area contributed by atoms with Crippen LogP contribution < -0.4 is 11.1 Å². The number of hydrogen-bond donors (Lipinski definition) is 3. The molecule has 7 heteroatoms. The largest absolute Gasteiger partial charge is 0.348 e. The highest BCUT2D eigenvalue weighted by molar-refractivity contribution is 5.77. The first-order valence-corrected chi connectivity index (χ1v) is 10.1. The molecule has 158 valence electrons. The minimum absolute atomic E-state index is 0.0331. The Morgan fingerprint density at radius 1 is 1.00 bits per heavy atom. The third-order valence-electron chi connectivity index (χ3n) is 4.99. The number of aromatic amines is 1. The molecule has 0 unspecified atom stereocenters. The number of H-pyrrole nitrogens is 1. The second-order valence-electron chi connectivity index (χ2n) is 8.08. The van der Waals surface area contributed by atoms with Crippen LogP contribution in [0.5, 0.6) is 0 Å². The van der Waals surface area contributed by atoms with Crippen LogP contribution >= 0.6 is 0 Å². The van der Waals surface area contributed by atoms with E-state index >= 15 is 0 Å². The summed E-state index contributed by atoms with van der Waals surface area (Å²) in [4.78, 5) is 17.1. The molecule has 0 bridgehead atoms. The monoisotopic (exact) mass is 416 g/mol. The van der Waals surface area contributed by atoms with Crippen LogP contribution in [0.1, 0.15) is 38.2 Å². The van der Waals surface area contributed by atoms with Gasteiger partial charge in [0, 0.05) is 11.8 Å². The minimum atomic E-state index is -0.678. The predicted octanol–water partition coefficient (Wildman–Crippen LogP) is 5.04. The molecule has 0 aliphatic heterocycles. The summed E-state index contributed by atoms with van der Waals surface area (Å²) in [6, 6.07) is 18.2. The first kappa shape index (κ1) is 20.7. The van der Waals surface area contributed by atoms with Crippen LogP contribution in [0.2, 0.25) is 0 Å². The molecule has 4 aromatic rings. The maximum absolute atomic E-state index is 13.5. The van der Waals surface area contributed by atoms with Crippen LogP contribution in [-0.4, -0.2) is 19.9 Å². The van der Waals surface area contributed by atoms with Gasteiger partial charge in [-0.3, -0.25) is 0 Å². The molecule has 31 heavy (non-hydrogen) atoms. The molecule has 0 spiro atoms. The zero-order valence-electron chi connectivity index (χ0n) is 17.7. The number of rotatable bonds is 6. The molecule has 0 saturated carbocycles. The zero-order valence-corrected chi connectivity index (χ0v) is 17.7. The maximum atomic E-state index is 13.5. The normalized spacial score (nSPS) is 12.5. The number of imidazole rings is 1. The number of halogens is 1. The van der Waals surface area contributed by atoms with E-state index in [1.54, 1.807) is 24.4 Å². The number of benzene rings is 2. The summed E-state index contributed by atoms with van der Waals surface area (Å²) in [7, 11) is 0. The molecular formula is C24H25FN6. The van der Waals surface area contributed by atoms with Crippen molar-refractivity contribution in [3.63, 3.8) is 0 Å². The first-order valence-electron chi connectivity index (χ1n) is 10.1. The minimum Gasteiger partial charge on any atom is -0.348 e. The second-order valence-corrected chi connectivity index (χ2v) is 8.08. The summed E-state index contributed by atoms with van der Waals surface area (Å²) < 4.78 is 13.5. The molecule has 0 radical (unpaired) electrons. The van der Waals surface area contributed by atoms with E-state index in [-0.39, 0.29) is 11.9 Å². The summed E-state index contributed by atoms with van der Waals surface area (Å²) in [5, 5.41) is 3.34. The van der Waals surface area contributed by atoms with Crippen LogP contribution in [0, 0.1) is 5.82 Å². The van der Waals surface area contributed by atoms with Gasteiger partial charge >= 0.3 is 0 Å². The molecule has 0 aliphatic rings. The average molecular weight is 417 g/mol. The molecular weight excluding hydrogens is 391 g/mol. The van der Waals surface area contributed by atoms with Gasteiger partial charge in [0.1, 0.15) is 17.3 Å². The lowest BCUT2D eigenvalue weighted by molar-refractivity contribution is 0.521. The fourth-order valence-electron chi connectivity index (χ4n) is 3.27. The van der Waals surface area contributed by atoms with Gasteiger partial charge in [-0.05, 0) is 56.7 Å². The maximum Gasteiger partial charge on any atom is 0.223 e. The molecule has 4 rings (SSSR count). The number of aromatic nitrogens is 4. The van der Waals surface area contributed by atoms with Crippen molar-refractivity contribution in [2.75, 3.05) is 5.32 Å². The molecule has 2 heterocycles. The van der Waals surface area contributed by atoms with Crippen molar-refractivity contribution in [2.45, 2.75) is 32.4 Å². The van der Waals surface area contributed by atoms with E-state index in [0.29, 0.717) is 23.2 Å². The zero-order chi connectivity index (χ0) is 22.0. The topological polar surface area (TPSA) is 92.5 Å². The Kier molecular flexibility index (Phi) is 5.52. The van der Waals surface area contributed by atoms with Crippen molar-refractivity contribution < 1.29 is 4.39 Å². The highest BCUT2D eigenvalue weighted by atomic mass is 19.1. The summed E-state index contributed by atoms with van der Waals surface area (Å²) in [6.45, 7) is 5.80. The Morgan fingerprint density at radius 3 is 2.39 bits per heavy atom. The molecule has 0 aliphatic carbocycles. The van der Waals surface area contributed by atoms with E-state index in [1.807, 2.05) is 32.0 Å². The van der Waals surface area contributed by atoms with Crippen LogP contribution in [0.15, 0.2) is 66.9 Å². The van der Waals surface area contributed by atoms with Crippen LogP contribution in [0.4, 0.5) is 10.3 Å². The number of anilines is 1. The molecule has 0 saturated heterocycles. The number of hydrogen-bond acceptors (Lipinski definition) is 5. The van der Waals surface area contributed by atoms with Gasteiger partial charge in [-0.1, -0.05) is 30.3 Å². The molecule has 0 amide bonds. The average Bonchev–Trinajstić information content (AvgIpc) is 3.21. The Bertz CT molecular complexity index is 1160. The van der Waals surface area contributed by atoms with E-state index < -0.39 is 5.54 Å². The third kappa shape index (κ3) is 4.62. The second kappa shape index (κ2) is 8.28. The number of nitrogens with zero attached hydrogens (tertiary/aromatic N) is 3. The van der Waals surface area contributed by atoms with Gasteiger partial charge in [0.2, 0.25) is 5.95 Å². The Balaban J connectivity index is 1.73. The van der Waals surface area contributed by atoms with E-state index in [2.05, 4.69) is 39.3 Å². The lowest BCUT2D eigenvalue weighted by atomic mass is 10.1. The standard InChI is InChI=1S/C24H25FN6/c1-15(16-7-5-4-6-8-16)28-23-27-14-13-19(29-23)21-20(17-9-11-18(25)12-10-17)30-22(31-21)24(2,3)26/h4-15H,26H2,1-3H3,(H,30,31)(H,27,28,29)/t15-/m1/s1. The highest BCUT2D eigenvalue weighted by Crippen LogP contribution is 2.32. The summed E-state index contributed by atoms with van der Waals surface area (Å²) in [5.41, 5.74) is 9.54.